The molecule has 170 valence electrons. The molecule has 4 aromatic rings. The molecule has 0 bridgehead atoms. The minimum absolute atomic E-state index is 0.0948. The number of carbonyl (C=O) groups is 1. The van der Waals surface area contributed by atoms with E-state index in [0.717, 1.165) is 23.2 Å². The van der Waals surface area contributed by atoms with E-state index in [0.29, 0.717) is 27.9 Å². The number of aromatic nitrogens is 4. The minimum Gasteiger partial charge on any atom is -0.348 e. The van der Waals surface area contributed by atoms with Crippen LogP contribution in [0.3, 0.4) is 0 Å². The molecule has 0 saturated carbocycles. The second-order valence-electron chi connectivity index (χ2n) is 8.65. The topological polar surface area (TPSA) is 92.7 Å². The molecule has 7 nitrogen and oxygen atoms in total. The fourth-order valence-corrected chi connectivity index (χ4v) is 4.01. The van der Waals surface area contributed by atoms with Crippen molar-refractivity contribution in [1.82, 2.24) is 25.1 Å². The Balaban J connectivity index is 1.75. The number of benzene rings is 1. The van der Waals surface area contributed by atoms with Crippen LogP contribution < -0.4 is 10.9 Å². The van der Waals surface area contributed by atoms with Crippen LogP contribution in [-0.4, -0.2) is 25.7 Å². The number of carbonyl (C=O) groups excluding carboxylic acids is 1. The summed E-state index contributed by atoms with van der Waals surface area (Å²) in [6.07, 6.45) is 2.64. The van der Waals surface area contributed by atoms with Gasteiger partial charge in [-0.2, -0.15) is 5.10 Å². The van der Waals surface area contributed by atoms with Gasteiger partial charge in [-0.05, 0) is 57.4 Å². The van der Waals surface area contributed by atoms with Crippen LogP contribution in [0.4, 0.5) is 0 Å². The largest absolute Gasteiger partial charge is 0.348 e. The highest BCUT2D eigenvalue weighted by Gasteiger charge is 2.19. The van der Waals surface area contributed by atoms with Crippen LogP contribution in [-0.2, 0) is 13.0 Å². The van der Waals surface area contributed by atoms with Crippen molar-refractivity contribution >= 4 is 16.9 Å². The van der Waals surface area contributed by atoms with E-state index in [9.17, 15) is 9.59 Å². The second kappa shape index (κ2) is 9.02. The molecule has 1 aromatic carbocycles. The lowest BCUT2D eigenvalue weighted by Crippen LogP contribution is -2.28. The Morgan fingerprint density at radius 2 is 1.88 bits per heavy atom. The summed E-state index contributed by atoms with van der Waals surface area (Å²) in [5.41, 5.74) is 6.05. The number of aromatic amines is 1. The Labute approximate surface area is 192 Å². The zero-order valence-electron chi connectivity index (χ0n) is 19.7. The van der Waals surface area contributed by atoms with Gasteiger partial charge in [-0.25, -0.2) is 9.67 Å². The number of rotatable bonds is 6. The molecule has 0 aliphatic carbocycles. The maximum atomic E-state index is 13.3. The zero-order valence-corrected chi connectivity index (χ0v) is 19.7. The van der Waals surface area contributed by atoms with Gasteiger partial charge in [-0.15, -0.1) is 0 Å². The van der Waals surface area contributed by atoms with Crippen molar-refractivity contribution in [1.29, 1.82) is 0 Å². The molecule has 0 unspecified atom stereocenters. The van der Waals surface area contributed by atoms with E-state index in [1.165, 1.54) is 5.56 Å². The third-order valence-corrected chi connectivity index (χ3v) is 5.88. The van der Waals surface area contributed by atoms with Crippen LogP contribution in [0.15, 0.2) is 47.4 Å². The average Bonchev–Trinajstić information content (AvgIpc) is 3.22. The Kier molecular flexibility index (Phi) is 6.14. The molecule has 0 saturated heterocycles. The number of pyridine rings is 2. The van der Waals surface area contributed by atoms with E-state index in [1.54, 1.807) is 12.3 Å². The van der Waals surface area contributed by atoms with Crippen LogP contribution in [0.5, 0.6) is 0 Å². The number of nitrogens with one attached hydrogen (secondary N) is 2. The molecule has 1 amide bonds. The molecule has 3 heterocycles. The van der Waals surface area contributed by atoms with Crippen LogP contribution in [0, 0.1) is 13.8 Å². The first-order chi connectivity index (χ1) is 15.8. The summed E-state index contributed by atoms with van der Waals surface area (Å²) >= 11 is 0. The number of hydrogen-bond acceptors (Lipinski definition) is 4. The fourth-order valence-electron chi connectivity index (χ4n) is 4.01. The Hall–Kier alpha value is -3.74. The van der Waals surface area contributed by atoms with E-state index >= 15 is 0 Å². The van der Waals surface area contributed by atoms with Crippen molar-refractivity contribution in [3.8, 4) is 11.3 Å². The van der Waals surface area contributed by atoms with Gasteiger partial charge in [0.25, 0.3) is 11.5 Å². The normalized spacial score (nSPS) is 11.3. The van der Waals surface area contributed by atoms with E-state index in [1.807, 2.05) is 50.6 Å². The second-order valence-corrected chi connectivity index (χ2v) is 8.65. The Bertz CT molecular complexity index is 1380. The Morgan fingerprint density at radius 3 is 2.52 bits per heavy atom. The molecular formula is C26H29N5O2. The molecule has 0 fully saturated rings. The van der Waals surface area contributed by atoms with Crippen molar-refractivity contribution in [2.45, 2.75) is 53.6 Å². The van der Waals surface area contributed by atoms with E-state index in [4.69, 9.17) is 4.98 Å². The lowest BCUT2D eigenvalue weighted by atomic mass is 10.0. The molecule has 7 heteroatoms. The molecule has 0 aliphatic heterocycles. The molecule has 2 N–H and O–H groups in total. The predicted molar refractivity (Wildman–Crippen MR) is 130 cm³/mol. The molecule has 33 heavy (non-hydrogen) atoms. The van der Waals surface area contributed by atoms with Crippen LogP contribution in [0.25, 0.3) is 22.3 Å². The van der Waals surface area contributed by atoms with Gasteiger partial charge in [-0.1, -0.05) is 31.2 Å². The van der Waals surface area contributed by atoms with Crippen molar-refractivity contribution in [3.63, 3.8) is 0 Å². The number of H-pyrrole nitrogens is 1. The van der Waals surface area contributed by atoms with Gasteiger partial charge >= 0.3 is 0 Å². The first-order valence-electron chi connectivity index (χ1n) is 11.2. The summed E-state index contributed by atoms with van der Waals surface area (Å²) in [5, 5.41) is 8.08. The van der Waals surface area contributed by atoms with E-state index < -0.39 is 0 Å². The highest BCUT2D eigenvalue weighted by molar-refractivity contribution is 6.06. The van der Waals surface area contributed by atoms with Gasteiger partial charge in [-0.3, -0.25) is 9.59 Å². The fraction of sp³-hybridized carbons (Fsp3) is 0.308. The molecule has 4 rings (SSSR count). The molecule has 0 atom stereocenters. The van der Waals surface area contributed by atoms with Gasteiger partial charge in [0.15, 0.2) is 5.65 Å². The van der Waals surface area contributed by atoms with E-state index in [2.05, 4.69) is 34.5 Å². The zero-order chi connectivity index (χ0) is 23.7. The molecule has 0 aliphatic rings. The van der Waals surface area contributed by atoms with Crippen LogP contribution in [0.2, 0.25) is 0 Å². The van der Waals surface area contributed by atoms with Gasteiger partial charge in [0.1, 0.15) is 0 Å². The summed E-state index contributed by atoms with van der Waals surface area (Å²) in [6, 6.07) is 12.0. The van der Waals surface area contributed by atoms with Crippen LogP contribution >= 0.6 is 0 Å². The number of nitrogens with zero attached hydrogens (tertiary/aromatic N) is 3. The maximum Gasteiger partial charge on any atom is 0.253 e. The average molecular weight is 444 g/mol. The van der Waals surface area contributed by atoms with Gasteiger partial charge < -0.3 is 10.3 Å². The van der Waals surface area contributed by atoms with Crippen LogP contribution in [0.1, 0.15) is 59.6 Å². The highest BCUT2D eigenvalue weighted by Crippen LogP contribution is 2.27. The molecule has 0 spiro atoms. The third kappa shape index (κ3) is 4.44. The number of fused-ring (bicyclic) bond motifs is 1. The lowest BCUT2D eigenvalue weighted by Gasteiger charge is -2.12. The molecule has 3 aromatic heterocycles. The van der Waals surface area contributed by atoms with Gasteiger partial charge in [0.2, 0.25) is 0 Å². The number of aryl methyl sites for hydroxylation is 3. The summed E-state index contributed by atoms with van der Waals surface area (Å²) in [5.74, 6) is -0.267. The Morgan fingerprint density at radius 1 is 1.15 bits per heavy atom. The van der Waals surface area contributed by atoms with Crippen molar-refractivity contribution in [2.75, 3.05) is 0 Å². The first kappa shape index (κ1) is 22.5. The monoisotopic (exact) mass is 443 g/mol. The maximum absolute atomic E-state index is 13.3. The minimum atomic E-state index is -0.267. The number of amides is 1. The predicted octanol–water partition coefficient (Wildman–Crippen LogP) is 4.48. The van der Waals surface area contributed by atoms with Crippen molar-refractivity contribution in [3.05, 3.63) is 80.9 Å². The van der Waals surface area contributed by atoms with Crippen molar-refractivity contribution < 1.29 is 4.79 Å². The lowest BCUT2D eigenvalue weighted by molar-refractivity contribution is 0.0952. The highest BCUT2D eigenvalue weighted by atomic mass is 16.1. The summed E-state index contributed by atoms with van der Waals surface area (Å²) in [6.45, 7) is 10.0. The standard InChI is InChI=1S/C26H29N5O2/c1-6-18-7-9-19(10-8-18)23-12-20(22-14-28-31(15(2)3)24(22)30-23)25(32)27-13-21-16(4)11-17(5)29-26(21)33/h7-12,14-15H,6,13H2,1-5H3,(H,27,32)(H,29,33). The molecular weight excluding hydrogens is 414 g/mol. The summed E-state index contributed by atoms with van der Waals surface area (Å²) in [7, 11) is 0. The first-order valence-corrected chi connectivity index (χ1v) is 11.2. The third-order valence-electron chi connectivity index (χ3n) is 5.88. The molecule has 0 radical (unpaired) electrons. The summed E-state index contributed by atoms with van der Waals surface area (Å²) < 4.78 is 1.82. The van der Waals surface area contributed by atoms with Gasteiger partial charge in [0.05, 0.1) is 22.8 Å². The van der Waals surface area contributed by atoms with Gasteiger partial charge in [0, 0.05) is 29.4 Å². The SMILES string of the molecule is CCc1ccc(-c2cc(C(=O)NCc3c(C)cc(C)[nH]c3=O)c3cnn(C(C)C)c3n2)cc1. The summed E-state index contributed by atoms with van der Waals surface area (Å²) in [4.78, 5) is 33.3. The smallest absolute Gasteiger partial charge is 0.253 e. The number of hydrogen-bond donors (Lipinski definition) is 2. The quantitative estimate of drug-likeness (QED) is 0.460. The van der Waals surface area contributed by atoms with Crippen molar-refractivity contribution in [2.24, 2.45) is 0 Å². The van der Waals surface area contributed by atoms with E-state index in [-0.39, 0.29) is 24.1 Å².